The van der Waals surface area contributed by atoms with Crippen molar-refractivity contribution in [2.45, 2.75) is 85.6 Å². The van der Waals surface area contributed by atoms with Crippen molar-refractivity contribution in [3.8, 4) is 23.0 Å². The minimum atomic E-state index is -1.98. The molecule has 2 aromatic rings. The van der Waals surface area contributed by atoms with E-state index in [0.717, 1.165) is 6.07 Å². The van der Waals surface area contributed by atoms with Crippen molar-refractivity contribution in [3.63, 3.8) is 0 Å². The third-order valence-corrected chi connectivity index (χ3v) is 9.84. The number of hydrogen-bond acceptors (Lipinski definition) is 12. The fraction of sp³-hybridized carbons (Fsp3) is 0.486. The molecular formula is C37H47NNaO12+. The molecule has 51 heavy (non-hydrogen) atoms. The summed E-state index contributed by atoms with van der Waals surface area (Å²) in [5.41, 5.74) is -0.0929. The summed E-state index contributed by atoms with van der Waals surface area (Å²) in [4.78, 5) is 39.2. The number of carbonyl (C=O) groups excluding carboxylic acids is 3. The summed E-state index contributed by atoms with van der Waals surface area (Å²) < 4.78 is 23.2. The standard InChI is InChI=1S/C37H47NO12.Na/c1-16-11-10-12-17(2)36(46)38-23-15-24(40)26-27(32(23)44)31(43)21(6)34-28(26)35(45)37(8,50-34)48-14-13-25(47-9)18(3)33(49-22(7)39)20(5)30(42)19(4)29(16)41;/h10-16,18-20,25,29-30,33,40-44H,1-9H3,(H,38,46);/q;+1/b11-10-,14-13-,17-12-;/t16-,18-,19+,20+,25-,29+,30+,33+,37-;/m0./s1. The number of phenols is 3. The quantitative estimate of drug-likeness (QED) is 0.114. The first-order chi connectivity index (χ1) is 23.4. The number of benzene rings is 2. The number of anilines is 1. The van der Waals surface area contributed by atoms with Crippen LogP contribution in [-0.2, 0) is 23.8 Å². The number of fused-ring (bicyclic) bond motifs is 14. The van der Waals surface area contributed by atoms with Gasteiger partial charge in [0, 0.05) is 67.2 Å². The number of allylic oxidation sites excluding steroid dienone is 2. The molecule has 0 aliphatic carbocycles. The Kier molecular flexibility index (Phi) is 13.4. The number of ether oxygens (including phenoxy) is 4. The molecule has 2 aromatic carbocycles. The minimum Gasteiger partial charge on any atom is -0.507 e. The number of Topliss-reactive ketones (excluding diaryl/α,β-unsaturated/α-hetero) is 1. The predicted octanol–water partition coefficient (Wildman–Crippen LogP) is 1.76. The predicted molar refractivity (Wildman–Crippen MR) is 184 cm³/mol. The number of amides is 1. The van der Waals surface area contributed by atoms with Gasteiger partial charge in [0.05, 0.1) is 41.2 Å². The van der Waals surface area contributed by atoms with Crippen LogP contribution in [0.15, 0.2) is 42.2 Å². The summed E-state index contributed by atoms with van der Waals surface area (Å²) in [6.45, 7) is 12.5. The van der Waals surface area contributed by atoms with E-state index < -0.39 is 88.8 Å². The van der Waals surface area contributed by atoms with E-state index in [9.17, 15) is 39.9 Å². The monoisotopic (exact) mass is 720 g/mol. The average Bonchev–Trinajstić information content (AvgIpc) is 3.33. The first-order valence-electron chi connectivity index (χ1n) is 16.4. The fourth-order valence-corrected chi connectivity index (χ4v) is 6.65. The van der Waals surface area contributed by atoms with Crippen molar-refractivity contribution in [2.24, 2.45) is 23.7 Å². The molecule has 3 heterocycles. The van der Waals surface area contributed by atoms with Crippen LogP contribution in [0.1, 0.15) is 64.4 Å². The number of aliphatic hydroxyl groups is 2. The normalized spacial score (nSPS) is 32.6. The van der Waals surface area contributed by atoms with Gasteiger partial charge in [0.15, 0.2) is 5.75 Å². The second kappa shape index (κ2) is 16.4. The summed E-state index contributed by atoms with van der Waals surface area (Å²) in [5.74, 6) is -7.99. The van der Waals surface area contributed by atoms with Crippen LogP contribution in [-0.4, -0.2) is 80.5 Å². The van der Waals surface area contributed by atoms with Crippen LogP contribution in [0.2, 0.25) is 0 Å². The van der Waals surface area contributed by atoms with Crippen molar-refractivity contribution >= 4 is 34.1 Å². The van der Waals surface area contributed by atoms with Gasteiger partial charge in [-0.1, -0.05) is 45.9 Å². The molecule has 9 atom stereocenters. The molecule has 0 radical (unpaired) electrons. The molecule has 0 fully saturated rings. The molecule has 0 spiro atoms. The van der Waals surface area contributed by atoms with Gasteiger partial charge in [-0.2, -0.15) is 0 Å². The Balaban J connectivity index is 0.00000702. The van der Waals surface area contributed by atoms with Gasteiger partial charge in [0.25, 0.3) is 11.7 Å². The fourth-order valence-electron chi connectivity index (χ4n) is 6.65. The van der Waals surface area contributed by atoms with E-state index in [1.165, 1.54) is 53.2 Å². The Morgan fingerprint density at radius 3 is 2.20 bits per heavy atom. The van der Waals surface area contributed by atoms with Crippen LogP contribution >= 0.6 is 0 Å². The van der Waals surface area contributed by atoms with Crippen molar-refractivity contribution < 1.29 is 88.4 Å². The number of esters is 1. The van der Waals surface area contributed by atoms with E-state index in [1.54, 1.807) is 39.8 Å². The molecule has 5 bridgehead atoms. The maximum atomic E-state index is 13.9. The number of ketones is 1. The number of nitrogens with one attached hydrogen (secondary N) is 1. The van der Waals surface area contributed by atoms with Crippen LogP contribution in [0.4, 0.5) is 5.69 Å². The van der Waals surface area contributed by atoms with E-state index in [0.29, 0.717) is 0 Å². The first-order valence-corrected chi connectivity index (χ1v) is 16.4. The van der Waals surface area contributed by atoms with Crippen molar-refractivity contribution in [1.29, 1.82) is 0 Å². The Labute approximate surface area is 319 Å². The molecule has 6 N–H and O–H groups in total. The zero-order valence-electron chi connectivity index (χ0n) is 30.7. The number of aromatic hydroxyl groups is 3. The molecule has 13 nitrogen and oxygen atoms in total. The van der Waals surface area contributed by atoms with Crippen LogP contribution in [0, 0.1) is 30.6 Å². The Morgan fingerprint density at radius 1 is 0.941 bits per heavy atom. The second-order valence-electron chi connectivity index (χ2n) is 13.4. The number of aliphatic hydroxyl groups excluding tert-OH is 2. The number of phenolic OH excluding ortho intramolecular Hbond substituents is 3. The minimum absolute atomic E-state index is 0. The van der Waals surface area contributed by atoms with Gasteiger partial charge in [-0.3, -0.25) is 14.4 Å². The van der Waals surface area contributed by atoms with Crippen LogP contribution in [0.25, 0.3) is 10.8 Å². The molecule has 1 amide bonds. The summed E-state index contributed by atoms with van der Waals surface area (Å²) in [6, 6.07) is 1.06. The molecule has 0 aromatic heterocycles. The Bertz CT molecular complexity index is 1770. The molecule has 0 saturated carbocycles. The number of methoxy groups -OCH3 is 1. The van der Waals surface area contributed by atoms with Crippen LogP contribution in [0.5, 0.6) is 23.0 Å². The van der Waals surface area contributed by atoms with Gasteiger partial charge in [-0.05, 0) is 19.9 Å². The molecule has 3 aliphatic heterocycles. The zero-order valence-corrected chi connectivity index (χ0v) is 32.7. The summed E-state index contributed by atoms with van der Waals surface area (Å²) in [7, 11) is 1.43. The van der Waals surface area contributed by atoms with Crippen LogP contribution < -0.4 is 39.6 Å². The largest absolute Gasteiger partial charge is 1.00 e. The maximum absolute atomic E-state index is 13.9. The van der Waals surface area contributed by atoms with E-state index in [4.69, 9.17) is 18.9 Å². The summed E-state index contributed by atoms with van der Waals surface area (Å²) >= 11 is 0. The van der Waals surface area contributed by atoms with E-state index in [-0.39, 0.29) is 68.5 Å². The SMILES string of the molecule is CO[C@H]1/C=C\O[C@@]2(C)Oc3c(C)c(O)c4c(O)c(cc(O)c4c3C2=O)NC(=O)/C(C)=C\C=C/[C@H](C)[C@@H](O)[C@@H](C)[C@@H](O)[C@@H](C)[C@H](OC(C)=O)[C@H]1C.[Na+]. The molecule has 0 saturated heterocycles. The number of hydrogen-bond donors (Lipinski definition) is 6. The third-order valence-electron chi connectivity index (χ3n) is 9.84. The van der Waals surface area contributed by atoms with Crippen molar-refractivity contribution in [2.75, 3.05) is 12.4 Å². The average molecular weight is 721 g/mol. The zero-order chi connectivity index (χ0) is 37.4. The molecule has 3 aliphatic rings. The molecule has 5 rings (SSSR count). The number of rotatable bonds is 2. The third kappa shape index (κ3) is 8.08. The smallest absolute Gasteiger partial charge is 0.507 e. The van der Waals surface area contributed by atoms with Gasteiger partial charge >= 0.3 is 41.3 Å². The second-order valence-corrected chi connectivity index (χ2v) is 13.4. The topological polar surface area (TPSA) is 201 Å². The van der Waals surface area contributed by atoms with Gasteiger partial charge in [-0.25, -0.2) is 0 Å². The summed E-state index contributed by atoms with van der Waals surface area (Å²) in [6.07, 6.45) is 3.62. The summed E-state index contributed by atoms with van der Waals surface area (Å²) in [5, 5.41) is 58.2. The van der Waals surface area contributed by atoms with Gasteiger partial charge in [0.1, 0.15) is 23.4 Å². The van der Waals surface area contributed by atoms with Crippen LogP contribution in [0.3, 0.4) is 0 Å². The van der Waals surface area contributed by atoms with Gasteiger partial charge < -0.3 is 49.8 Å². The molecule has 272 valence electrons. The van der Waals surface area contributed by atoms with E-state index in [1.807, 2.05) is 0 Å². The van der Waals surface area contributed by atoms with Crippen molar-refractivity contribution in [1.82, 2.24) is 0 Å². The van der Waals surface area contributed by atoms with Crippen molar-refractivity contribution in [3.05, 3.63) is 53.3 Å². The Morgan fingerprint density at radius 2 is 1.59 bits per heavy atom. The van der Waals surface area contributed by atoms with Gasteiger partial charge in [-0.15, -0.1) is 0 Å². The van der Waals surface area contributed by atoms with Gasteiger partial charge in [0.2, 0.25) is 0 Å². The Hall–Kier alpha value is -3.59. The molecule has 0 unspecified atom stereocenters. The van der Waals surface area contributed by atoms with E-state index >= 15 is 0 Å². The first kappa shape index (κ1) is 41.8. The molecular weight excluding hydrogens is 673 g/mol. The van der Waals surface area contributed by atoms with E-state index in [2.05, 4.69) is 5.32 Å². The molecule has 14 heteroatoms. The maximum Gasteiger partial charge on any atom is 1.00 e. The number of carbonyl (C=O) groups is 3.